The SMILES string of the molecule is Cc1noc(C2CCN(C(=O)NCC3CCCn4ccnc43)C2)n1. The Labute approximate surface area is 140 Å². The molecule has 0 spiro atoms. The molecule has 0 aromatic carbocycles. The van der Waals surface area contributed by atoms with Crippen LogP contribution in [0.2, 0.25) is 0 Å². The fourth-order valence-electron chi connectivity index (χ4n) is 3.65. The summed E-state index contributed by atoms with van der Waals surface area (Å²) in [5, 5.41) is 6.90. The van der Waals surface area contributed by atoms with E-state index in [1.165, 1.54) is 0 Å². The lowest BCUT2D eigenvalue weighted by Crippen LogP contribution is -2.40. The van der Waals surface area contributed by atoms with E-state index in [2.05, 4.69) is 25.0 Å². The van der Waals surface area contributed by atoms with Crippen molar-refractivity contribution in [1.29, 1.82) is 0 Å². The zero-order chi connectivity index (χ0) is 16.5. The summed E-state index contributed by atoms with van der Waals surface area (Å²) in [5.41, 5.74) is 0. The molecule has 0 radical (unpaired) electrons. The Kier molecular flexibility index (Phi) is 3.95. The Bertz CT molecular complexity index is 724. The molecule has 1 saturated heterocycles. The maximum absolute atomic E-state index is 12.4. The number of carbonyl (C=O) groups excluding carboxylic acids is 1. The Morgan fingerprint density at radius 3 is 3.17 bits per heavy atom. The smallest absolute Gasteiger partial charge is 0.317 e. The number of fused-ring (bicyclic) bond motifs is 1. The van der Waals surface area contributed by atoms with Gasteiger partial charge in [-0.3, -0.25) is 0 Å². The Balaban J connectivity index is 1.32. The molecule has 0 bridgehead atoms. The van der Waals surface area contributed by atoms with Gasteiger partial charge in [-0.05, 0) is 26.2 Å². The molecule has 8 heteroatoms. The molecule has 2 aromatic rings. The molecule has 0 saturated carbocycles. The van der Waals surface area contributed by atoms with Gasteiger partial charge < -0.3 is 19.3 Å². The lowest BCUT2D eigenvalue weighted by Gasteiger charge is -2.25. The van der Waals surface area contributed by atoms with Crippen LogP contribution in [0.15, 0.2) is 16.9 Å². The predicted octanol–water partition coefficient (Wildman–Crippen LogP) is 1.65. The highest BCUT2D eigenvalue weighted by atomic mass is 16.5. The Morgan fingerprint density at radius 1 is 1.42 bits per heavy atom. The van der Waals surface area contributed by atoms with E-state index in [0.717, 1.165) is 38.2 Å². The molecule has 2 aliphatic rings. The van der Waals surface area contributed by atoms with Crippen molar-refractivity contribution < 1.29 is 9.32 Å². The van der Waals surface area contributed by atoms with Crippen molar-refractivity contribution in [2.75, 3.05) is 19.6 Å². The average Bonchev–Trinajstić information content (AvgIpc) is 3.31. The standard InChI is InChI=1S/C16H22N6O2/c1-11-19-15(24-20-11)13-4-7-22(10-13)16(23)18-9-12-3-2-6-21-8-5-17-14(12)21/h5,8,12-13H,2-4,6-7,9-10H2,1H3,(H,18,23). The monoisotopic (exact) mass is 330 g/mol. The minimum absolute atomic E-state index is 0.0163. The summed E-state index contributed by atoms with van der Waals surface area (Å²) in [6, 6.07) is -0.0163. The number of likely N-dealkylation sites (tertiary alicyclic amines) is 1. The molecule has 2 unspecified atom stereocenters. The molecule has 128 valence electrons. The maximum atomic E-state index is 12.4. The Morgan fingerprint density at radius 2 is 2.33 bits per heavy atom. The lowest BCUT2D eigenvalue weighted by atomic mass is 9.99. The van der Waals surface area contributed by atoms with Crippen molar-refractivity contribution in [1.82, 2.24) is 29.9 Å². The Hall–Kier alpha value is -2.38. The number of carbonyl (C=O) groups is 1. The highest BCUT2D eigenvalue weighted by molar-refractivity contribution is 5.74. The summed E-state index contributed by atoms with van der Waals surface area (Å²) in [6.07, 6.45) is 6.92. The third-order valence-electron chi connectivity index (χ3n) is 4.93. The largest absolute Gasteiger partial charge is 0.339 e. The fourth-order valence-corrected chi connectivity index (χ4v) is 3.65. The zero-order valence-corrected chi connectivity index (χ0v) is 13.8. The second-order valence-electron chi connectivity index (χ2n) is 6.62. The van der Waals surface area contributed by atoms with Crippen LogP contribution >= 0.6 is 0 Å². The van der Waals surface area contributed by atoms with E-state index in [-0.39, 0.29) is 11.9 Å². The summed E-state index contributed by atoms with van der Waals surface area (Å²) < 4.78 is 7.42. The van der Waals surface area contributed by atoms with Gasteiger partial charge in [0.2, 0.25) is 5.89 Å². The molecule has 2 aliphatic heterocycles. The number of hydrogen-bond acceptors (Lipinski definition) is 5. The van der Waals surface area contributed by atoms with E-state index in [9.17, 15) is 4.79 Å². The van der Waals surface area contributed by atoms with Gasteiger partial charge in [-0.25, -0.2) is 9.78 Å². The first-order chi connectivity index (χ1) is 11.7. The first-order valence-electron chi connectivity index (χ1n) is 8.54. The molecule has 0 aliphatic carbocycles. The van der Waals surface area contributed by atoms with Crippen molar-refractivity contribution in [3.05, 3.63) is 29.9 Å². The van der Waals surface area contributed by atoms with E-state index >= 15 is 0 Å². The first kappa shape index (κ1) is 15.2. The molecular weight excluding hydrogens is 308 g/mol. The average molecular weight is 330 g/mol. The minimum Gasteiger partial charge on any atom is -0.339 e. The van der Waals surface area contributed by atoms with E-state index in [1.807, 2.05) is 17.3 Å². The van der Waals surface area contributed by atoms with Gasteiger partial charge in [0, 0.05) is 44.5 Å². The summed E-state index contributed by atoms with van der Waals surface area (Å²) >= 11 is 0. The van der Waals surface area contributed by atoms with Crippen LogP contribution < -0.4 is 5.32 Å². The minimum atomic E-state index is -0.0163. The number of rotatable bonds is 3. The van der Waals surface area contributed by atoms with Crippen LogP contribution in [0.5, 0.6) is 0 Å². The van der Waals surface area contributed by atoms with Crippen molar-refractivity contribution in [2.24, 2.45) is 0 Å². The quantitative estimate of drug-likeness (QED) is 0.924. The normalized spacial score (nSPS) is 23.3. The third kappa shape index (κ3) is 2.88. The van der Waals surface area contributed by atoms with Gasteiger partial charge in [-0.15, -0.1) is 0 Å². The van der Waals surface area contributed by atoms with Gasteiger partial charge in [0.25, 0.3) is 0 Å². The van der Waals surface area contributed by atoms with Crippen molar-refractivity contribution in [3.63, 3.8) is 0 Å². The summed E-state index contributed by atoms with van der Waals surface area (Å²) in [4.78, 5) is 23.0. The van der Waals surface area contributed by atoms with E-state index < -0.39 is 0 Å². The van der Waals surface area contributed by atoms with Crippen molar-refractivity contribution >= 4 is 6.03 Å². The topological polar surface area (TPSA) is 89.1 Å². The van der Waals surface area contributed by atoms with Crippen molar-refractivity contribution in [3.8, 4) is 0 Å². The number of amides is 2. The van der Waals surface area contributed by atoms with E-state index in [1.54, 1.807) is 6.92 Å². The predicted molar refractivity (Wildman–Crippen MR) is 85.6 cm³/mol. The molecular formula is C16H22N6O2. The number of hydrogen-bond donors (Lipinski definition) is 1. The molecule has 1 fully saturated rings. The first-order valence-corrected chi connectivity index (χ1v) is 8.54. The van der Waals surface area contributed by atoms with Crippen LogP contribution in [-0.2, 0) is 6.54 Å². The van der Waals surface area contributed by atoms with Crippen LogP contribution in [-0.4, -0.2) is 50.3 Å². The molecule has 8 nitrogen and oxygen atoms in total. The van der Waals surface area contributed by atoms with Crippen LogP contribution in [0.4, 0.5) is 4.79 Å². The number of imidazole rings is 1. The van der Waals surface area contributed by atoms with Gasteiger partial charge >= 0.3 is 6.03 Å². The fraction of sp³-hybridized carbons (Fsp3) is 0.625. The number of aryl methyl sites for hydroxylation is 2. The van der Waals surface area contributed by atoms with E-state index in [4.69, 9.17) is 4.52 Å². The van der Waals surface area contributed by atoms with Crippen LogP contribution in [0.1, 0.15) is 48.6 Å². The van der Waals surface area contributed by atoms with Gasteiger partial charge in [0.05, 0.1) is 5.92 Å². The zero-order valence-electron chi connectivity index (χ0n) is 13.8. The second kappa shape index (κ2) is 6.26. The molecule has 1 N–H and O–H groups in total. The molecule has 24 heavy (non-hydrogen) atoms. The molecule has 4 rings (SSSR count). The molecule has 4 heterocycles. The van der Waals surface area contributed by atoms with Gasteiger partial charge in [0.15, 0.2) is 5.82 Å². The second-order valence-corrected chi connectivity index (χ2v) is 6.62. The number of nitrogens with zero attached hydrogens (tertiary/aromatic N) is 5. The highest BCUT2D eigenvalue weighted by Crippen LogP contribution is 2.27. The molecule has 2 aromatic heterocycles. The van der Waals surface area contributed by atoms with Crippen LogP contribution in [0, 0.1) is 6.92 Å². The summed E-state index contributed by atoms with van der Waals surface area (Å²) in [5.74, 6) is 2.81. The summed E-state index contributed by atoms with van der Waals surface area (Å²) in [7, 11) is 0. The number of urea groups is 1. The highest BCUT2D eigenvalue weighted by Gasteiger charge is 2.31. The van der Waals surface area contributed by atoms with Crippen molar-refractivity contribution in [2.45, 2.75) is 44.6 Å². The van der Waals surface area contributed by atoms with Gasteiger partial charge in [-0.2, -0.15) is 4.98 Å². The van der Waals surface area contributed by atoms with Crippen LogP contribution in [0.3, 0.4) is 0 Å². The number of nitrogens with one attached hydrogen (secondary N) is 1. The molecule has 2 atom stereocenters. The van der Waals surface area contributed by atoms with E-state index in [0.29, 0.717) is 30.7 Å². The maximum Gasteiger partial charge on any atom is 0.317 e. The molecule has 2 amide bonds. The van der Waals surface area contributed by atoms with Gasteiger partial charge in [0.1, 0.15) is 5.82 Å². The van der Waals surface area contributed by atoms with Gasteiger partial charge in [-0.1, -0.05) is 5.16 Å². The summed E-state index contributed by atoms with van der Waals surface area (Å²) in [6.45, 7) is 4.82. The number of aromatic nitrogens is 4. The van der Waals surface area contributed by atoms with Crippen LogP contribution in [0.25, 0.3) is 0 Å². The lowest BCUT2D eigenvalue weighted by molar-refractivity contribution is 0.206. The third-order valence-corrected chi connectivity index (χ3v) is 4.93.